The maximum Gasteiger partial charge on any atom is 0.118 e. The molecule has 0 aliphatic carbocycles. The van der Waals surface area contributed by atoms with Gasteiger partial charge >= 0.3 is 0 Å². The van der Waals surface area contributed by atoms with Crippen LogP contribution in [0.25, 0.3) is 22.2 Å². The molecule has 170 valence electrons. The van der Waals surface area contributed by atoms with Gasteiger partial charge in [-0.3, -0.25) is 0 Å². The van der Waals surface area contributed by atoms with Crippen LogP contribution in [0.3, 0.4) is 0 Å². The normalized spacial score (nSPS) is 17.6. The minimum absolute atomic E-state index is 0.0323. The quantitative estimate of drug-likeness (QED) is 0.510. The Kier molecular flexibility index (Phi) is 7.74. The van der Waals surface area contributed by atoms with Gasteiger partial charge in [0.2, 0.25) is 0 Å². The Labute approximate surface area is 192 Å². The number of nitrogens with two attached hydrogens (primary N) is 1. The van der Waals surface area contributed by atoms with Crippen molar-refractivity contribution in [3.63, 3.8) is 0 Å². The van der Waals surface area contributed by atoms with Crippen LogP contribution < -0.4 is 15.8 Å². The molecule has 1 saturated heterocycles. The highest BCUT2D eigenvalue weighted by atomic mass is 16.5. The maximum atomic E-state index is 6.75. The second-order valence-electron chi connectivity index (χ2n) is 8.98. The van der Waals surface area contributed by atoms with Gasteiger partial charge in [-0.2, -0.15) is 0 Å². The molecule has 2 heterocycles. The number of pyridine rings is 1. The van der Waals surface area contributed by atoms with Crippen LogP contribution in [0.2, 0.25) is 0 Å². The lowest BCUT2D eigenvalue weighted by atomic mass is 9.97. The van der Waals surface area contributed by atoms with E-state index in [1.807, 2.05) is 18.2 Å². The van der Waals surface area contributed by atoms with Crippen molar-refractivity contribution in [2.24, 2.45) is 5.73 Å². The van der Waals surface area contributed by atoms with Gasteiger partial charge in [-0.15, -0.1) is 0 Å². The Bertz CT molecular complexity index is 998. The highest BCUT2D eigenvalue weighted by Crippen LogP contribution is 2.30. The molecule has 1 aromatic heterocycles. The average molecular weight is 433 g/mol. The third kappa shape index (κ3) is 5.66. The summed E-state index contributed by atoms with van der Waals surface area (Å²) in [5, 5.41) is 4.79. The van der Waals surface area contributed by atoms with E-state index in [-0.39, 0.29) is 6.04 Å². The molecule has 5 heteroatoms. The third-order valence-corrected chi connectivity index (χ3v) is 6.63. The predicted molar refractivity (Wildman–Crippen MR) is 133 cm³/mol. The molecule has 4 rings (SSSR count). The predicted octanol–water partition coefficient (Wildman–Crippen LogP) is 4.76. The lowest BCUT2D eigenvalue weighted by molar-refractivity contribution is 0.279. The van der Waals surface area contributed by atoms with Crippen molar-refractivity contribution in [1.82, 2.24) is 15.2 Å². The minimum atomic E-state index is -0.0323. The van der Waals surface area contributed by atoms with Gasteiger partial charge in [0.05, 0.1) is 18.3 Å². The van der Waals surface area contributed by atoms with Gasteiger partial charge in [0.1, 0.15) is 5.75 Å². The summed E-state index contributed by atoms with van der Waals surface area (Å²) in [4.78, 5) is 7.33. The van der Waals surface area contributed by atoms with Crippen LogP contribution in [0.4, 0.5) is 0 Å². The number of aromatic nitrogens is 1. The van der Waals surface area contributed by atoms with Crippen molar-refractivity contribution in [3.05, 3.63) is 60.2 Å². The monoisotopic (exact) mass is 432 g/mol. The standard InChI is InChI=1S/C27H36N4O/c1-31(17-14-21-7-5-6-16-29-21)18-15-25(28)24-19-27(20-10-12-22(32-2)13-11-20)30-26-9-4-3-8-23(24)26/h3-4,8-13,19,21,25,29H,5-7,14-18,28H2,1-2H3. The number of nitrogens with zero attached hydrogens (tertiary/aromatic N) is 2. The second-order valence-corrected chi connectivity index (χ2v) is 8.98. The summed E-state index contributed by atoms with van der Waals surface area (Å²) in [5.41, 5.74) is 10.9. The molecule has 0 spiro atoms. The summed E-state index contributed by atoms with van der Waals surface area (Å²) < 4.78 is 5.30. The fourth-order valence-electron chi connectivity index (χ4n) is 4.59. The Balaban J connectivity index is 1.46. The number of hydrogen-bond donors (Lipinski definition) is 2. The number of hydrogen-bond acceptors (Lipinski definition) is 5. The van der Waals surface area contributed by atoms with Crippen LogP contribution in [0.5, 0.6) is 5.75 Å². The molecule has 3 N–H and O–H groups in total. The van der Waals surface area contributed by atoms with E-state index in [1.54, 1.807) is 7.11 Å². The second kappa shape index (κ2) is 10.9. The Morgan fingerprint density at radius 3 is 2.69 bits per heavy atom. The number of nitrogens with one attached hydrogen (secondary N) is 1. The van der Waals surface area contributed by atoms with Crippen molar-refractivity contribution in [1.29, 1.82) is 0 Å². The zero-order chi connectivity index (χ0) is 22.3. The zero-order valence-corrected chi connectivity index (χ0v) is 19.4. The maximum absolute atomic E-state index is 6.75. The van der Waals surface area contributed by atoms with Crippen molar-refractivity contribution in [2.45, 2.75) is 44.2 Å². The molecule has 5 nitrogen and oxygen atoms in total. The summed E-state index contributed by atoms with van der Waals surface area (Å²) in [6.07, 6.45) is 6.12. The Morgan fingerprint density at radius 1 is 1.12 bits per heavy atom. The SMILES string of the molecule is COc1ccc(-c2cc(C(N)CCN(C)CCC3CCCCN3)c3ccccc3n2)cc1. The number of piperidine rings is 1. The first kappa shape index (κ1) is 22.7. The van der Waals surface area contributed by atoms with Gasteiger partial charge < -0.3 is 20.7 Å². The highest BCUT2D eigenvalue weighted by molar-refractivity contribution is 5.85. The zero-order valence-electron chi connectivity index (χ0n) is 19.4. The van der Waals surface area contributed by atoms with Crippen molar-refractivity contribution in [3.8, 4) is 17.0 Å². The van der Waals surface area contributed by atoms with E-state index < -0.39 is 0 Å². The van der Waals surface area contributed by atoms with E-state index in [0.29, 0.717) is 6.04 Å². The number of fused-ring (bicyclic) bond motifs is 1. The van der Waals surface area contributed by atoms with Crippen LogP contribution in [0.1, 0.15) is 43.7 Å². The molecule has 2 atom stereocenters. The van der Waals surface area contributed by atoms with Crippen LogP contribution in [-0.4, -0.2) is 49.7 Å². The van der Waals surface area contributed by atoms with Crippen molar-refractivity contribution in [2.75, 3.05) is 33.8 Å². The van der Waals surface area contributed by atoms with Gasteiger partial charge in [0, 0.05) is 23.0 Å². The van der Waals surface area contributed by atoms with Gasteiger partial charge in [-0.05, 0) is 94.3 Å². The van der Waals surface area contributed by atoms with Crippen LogP contribution in [0.15, 0.2) is 54.6 Å². The summed E-state index contributed by atoms with van der Waals surface area (Å²) in [6, 6.07) is 19.2. The number of para-hydroxylation sites is 1. The Morgan fingerprint density at radius 2 is 1.94 bits per heavy atom. The van der Waals surface area contributed by atoms with Crippen LogP contribution in [-0.2, 0) is 0 Å². The molecular weight excluding hydrogens is 396 g/mol. The number of benzene rings is 2. The molecule has 0 bridgehead atoms. The summed E-state index contributed by atoms with van der Waals surface area (Å²) >= 11 is 0. The molecule has 3 aromatic rings. The molecule has 2 aromatic carbocycles. The van der Waals surface area contributed by atoms with Crippen molar-refractivity contribution < 1.29 is 4.74 Å². The molecular formula is C27H36N4O. The van der Waals surface area contributed by atoms with E-state index in [9.17, 15) is 0 Å². The minimum Gasteiger partial charge on any atom is -0.497 e. The number of methoxy groups -OCH3 is 1. The molecule has 0 radical (unpaired) electrons. The summed E-state index contributed by atoms with van der Waals surface area (Å²) in [6.45, 7) is 3.27. The van der Waals surface area contributed by atoms with E-state index in [1.165, 1.54) is 37.8 Å². The van der Waals surface area contributed by atoms with E-state index >= 15 is 0 Å². The van der Waals surface area contributed by atoms with Crippen molar-refractivity contribution >= 4 is 10.9 Å². The average Bonchev–Trinajstić information content (AvgIpc) is 2.86. The van der Waals surface area contributed by atoms with Gasteiger partial charge in [-0.25, -0.2) is 4.98 Å². The third-order valence-electron chi connectivity index (χ3n) is 6.63. The van der Waals surface area contributed by atoms with E-state index in [2.05, 4.69) is 53.7 Å². The Hall–Kier alpha value is -2.47. The molecule has 1 aliphatic heterocycles. The molecule has 1 fully saturated rings. The lowest BCUT2D eigenvalue weighted by Gasteiger charge is -2.26. The highest BCUT2D eigenvalue weighted by Gasteiger charge is 2.16. The smallest absolute Gasteiger partial charge is 0.118 e. The molecule has 0 amide bonds. The number of ether oxygens (including phenoxy) is 1. The lowest BCUT2D eigenvalue weighted by Crippen LogP contribution is -2.37. The van der Waals surface area contributed by atoms with E-state index in [4.69, 9.17) is 15.5 Å². The first-order valence-electron chi connectivity index (χ1n) is 11.9. The summed E-state index contributed by atoms with van der Waals surface area (Å²) in [7, 11) is 3.89. The van der Waals surface area contributed by atoms with Gasteiger partial charge in [0.25, 0.3) is 0 Å². The molecule has 32 heavy (non-hydrogen) atoms. The van der Waals surface area contributed by atoms with Crippen LogP contribution in [0, 0.1) is 0 Å². The first-order valence-corrected chi connectivity index (χ1v) is 11.9. The molecule has 1 aliphatic rings. The van der Waals surface area contributed by atoms with E-state index in [0.717, 1.165) is 47.4 Å². The van der Waals surface area contributed by atoms with Gasteiger partial charge in [0.15, 0.2) is 0 Å². The van der Waals surface area contributed by atoms with Crippen LogP contribution >= 0.6 is 0 Å². The fourth-order valence-corrected chi connectivity index (χ4v) is 4.59. The summed E-state index contributed by atoms with van der Waals surface area (Å²) in [5.74, 6) is 0.845. The molecule has 2 unspecified atom stereocenters. The first-order chi connectivity index (χ1) is 15.6. The largest absolute Gasteiger partial charge is 0.497 e. The topological polar surface area (TPSA) is 63.4 Å². The molecule has 0 saturated carbocycles. The number of rotatable bonds is 9. The fraction of sp³-hybridized carbons (Fsp3) is 0.444. The van der Waals surface area contributed by atoms with Gasteiger partial charge in [-0.1, -0.05) is 24.6 Å².